The third-order valence-electron chi connectivity index (χ3n) is 4.58. The first-order valence-corrected chi connectivity index (χ1v) is 8.44. The van der Waals surface area contributed by atoms with Crippen molar-refractivity contribution in [2.24, 2.45) is 0 Å². The first-order valence-electron chi connectivity index (χ1n) is 7.64. The highest BCUT2D eigenvalue weighted by Gasteiger charge is 2.40. The van der Waals surface area contributed by atoms with Crippen molar-refractivity contribution in [3.8, 4) is 0 Å². The second-order valence-electron chi connectivity index (χ2n) is 5.98. The number of fused-ring (bicyclic) bond motifs is 2. The Morgan fingerprint density at radius 1 is 1.30 bits per heavy atom. The summed E-state index contributed by atoms with van der Waals surface area (Å²) in [6, 6.07) is 7.70. The van der Waals surface area contributed by atoms with Gasteiger partial charge >= 0.3 is 0 Å². The molecule has 3 rings (SSSR count). The highest BCUT2D eigenvalue weighted by molar-refractivity contribution is 9.10. The lowest BCUT2D eigenvalue weighted by atomic mass is 9.99. The number of halogens is 1. The highest BCUT2D eigenvalue weighted by Crippen LogP contribution is 2.42. The molecule has 2 N–H and O–H groups in total. The van der Waals surface area contributed by atoms with E-state index in [1.165, 1.54) is 28.6 Å². The number of hydrogen-bond donors (Lipinski definition) is 2. The predicted molar refractivity (Wildman–Crippen MR) is 86.1 cm³/mol. The van der Waals surface area contributed by atoms with Crippen LogP contribution in [0.3, 0.4) is 0 Å². The van der Waals surface area contributed by atoms with Crippen molar-refractivity contribution in [3.63, 3.8) is 0 Å². The largest absolute Gasteiger partial charge is 0.393 e. The lowest BCUT2D eigenvalue weighted by Gasteiger charge is -2.39. The van der Waals surface area contributed by atoms with Crippen LogP contribution in [-0.4, -0.2) is 29.8 Å². The Morgan fingerprint density at radius 3 is 2.60 bits per heavy atom. The van der Waals surface area contributed by atoms with E-state index in [-0.39, 0.29) is 6.10 Å². The quantitative estimate of drug-likeness (QED) is 0.885. The molecule has 2 aliphatic rings. The molecule has 2 bridgehead atoms. The molecule has 0 amide bonds. The van der Waals surface area contributed by atoms with Crippen LogP contribution in [0.4, 0.5) is 5.69 Å². The lowest BCUT2D eigenvalue weighted by Crippen LogP contribution is -2.45. The minimum Gasteiger partial charge on any atom is -0.393 e. The number of aliphatic hydroxyl groups excluding tert-OH is 1. The van der Waals surface area contributed by atoms with Gasteiger partial charge in [-0.1, -0.05) is 13.0 Å². The molecular formula is C16H23BrN2O. The molecule has 0 radical (unpaired) electrons. The van der Waals surface area contributed by atoms with Crippen molar-refractivity contribution < 1.29 is 5.11 Å². The number of aliphatic hydroxyl groups is 1. The Morgan fingerprint density at radius 2 is 2.00 bits per heavy atom. The third kappa shape index (κ3) is 2.74. The Hall–Kier alpha value is -0.580. The summed E-state index contributed by atoms with van der Waals surface area (Å²) in [4.78, 5) is 2.54. The summed E-state index contributed by atoms with van der Waals surface area (Å²) in [5.74, 6) is 0. The van der Waals surface area contributed by atoms with E-state index in [0.717, 1.165) is 25.9 Å². The van der Waals surface area contributed by atoms with E-state index in [1.807, 2.05) is 0 Å². The van der Waals surface area contributed by atoms with E-state index in [1.54, 1.807) is 0 Å². The Labute approximate surface area is 129 Å². The fourth-order valence-electron chi connectivity index (χ4n) is 3.68. The fraction of sp³-hybridized carbons (Fsp3) is 0.625. The zero-order chi connectivity index (χ0) is 14.1. The van der Waals surface area contributed by atoms with Crippen LogP contribution in [0, 0.1) is 0 Å². The predicted octanol–water partition coefficient (Wildman–Crippen LogP) is 3.05. The molecule has 0 saturated carbocycles. The molecule has 3 nitrogen and oxygen atoms in total. The van der Waals surface area contributed by atoms with E-state index in [9.17, 15) is 5.11 Å². The first kappa shape index (κ1) is 14.4. The van der Waals surface area contributed by atoms with Crippen LogP contribution < -0.4 is 10.2 Å². The number of rotatable bonds is 4. The van der Waals surface area contributed by atoms with E-state index in [0.29, 0.717) is 12.1 Å². The molecule has 2 saturated heterocycles. The van der Waals surface area contributed by atoms with E-state index in [2.05, 4.69) is 51.3 Å². The fourth-order valence-corrected chi connectivity index (χ4v) is 4.31. The molecule has 2 fully saturated rings. The van der Waals surface area contributed by atoms with Gasteiger partial charge in [-0.3, -0.25) is 0 Å². The maximum atomic E-state index is 9.92. The average molecular weight is 339 g/mol. The summed E-state index contributed by atoms with van der Waals surface area (Å²) in [7, 11) is 0. The van der Waals surface area contributed by atoms with E-state index < -0.39 is 0 Å². The molecule has 110 valence electrons. The molecule has 2 heterocycles. The van der Waals surface area contributed by atoms with Crippen LogP contribution >= 0.6 is 15.9 Å². The smallest absolute Gasteiger partial charge is 0.0579 e. The molecule has 1 aromatic carbocycles. The first-order chi connectivity index (χ1) is 9.69. The summed E-state index contributed by atoms with van der Waals surface area (Å²) >= 11 is 3.74. The van der Waals surface area contributed by atoms with Gasteiger partial charge in [0.2, 0.25) is 0 Å². The van der Waals surface area contributed by atoms with Crippen LogP contribution in [0.1, 0.15) is 38.2 Å². The number of benzene rings is 1. The normalized spacial score (nSPS) is 28.9. The number of nitrogens with one attached hydrogen (secondary N) is 1. The second kappa shape index (κ2) is 6.04. The topological polar surface area (TPSA) is 35.5 Å². The van der Waals surface area contributed by atoms with Gasteiger partial charge in [0, 0.05) is 23.1 Å². The zero-order valence-corrected chi connectivity index (χ0v) is 13.6. The van der Waals surface area contributed by atoms with E-state index >= 15 is 0 Å². The summed E-state index contributed by atoms with van der Waals surface area (Å²) in [5.41, 5.74) is 2.61. The van der Waals surface area contributed by atoms with Crippen molar-refractivity contribution in [3.05, 3.63) is 28.2 Å². The van der Waals surface area contributed by atoms with Gasteiger partial charge in [0.25, 0.3) is 0 Å². The summed E-state index contributed by atoms with van der Waals surface area (Å²) in [6.07, 6.45) is 4.17. The van der Waals surface area contributed by atoms with Crippen molar-refractivity contribution in [2.75, 3.05) is 11.4 Å². The van der Waals surface area contributed by atoms with Gasteiger partial charge in [0.05, 0.1) is 11.8 Å². The number of anilines is 1. The number of piperidine rings is 1. The molecule has 0 aromatic heterocycles. The van der Waals surface area contributed by atoms with Gasteiger partial charge in [-0.2, -0.15) is 0 Å². The molecule has 0 aliphatic carbocycles. The van der Waals surface area contributed by atoms with Crippen LogP contribution in [-0.2, 0) is 6.54 Å². The second-order valence-corrected chi connectivity index (χ2v) is 6.84. The Bertz CT molecular complexity index is 466. The van der Waals surface area contributed by atoms with Gasteiger partial charge in [0.1, 0.15) is 0 Å². The lowest BCUT2D eigenvalue weighted by molar-refractivity contribution is 0.126. The third-order valence-corrected chi connectivity index (χ3v) is 5.21. The molecule has 2 atom stereocenters. The van der Waals surface area contributed by atoms with Crippen molar-refractivity contribution in [1.29, 1.82) is 0 Å². The van der Waals surface area contributed by atoms with Gasteiger partial charge < -0.3 is 15.3 Å². The van der Waals surface area contributed by atoms with Crippen molar-refractivity contribution >= 4 is 21.6 Å². The van der Waals surface area contributed by atoms with Crippen LogP contribution in [0.5, 0.6) is 0 Å². The standard InChI is InChI=1S/C16H23BrN2O/c1-2-18-10-11-3-6-16(15(17)7-11)19-12-4-5-13(19)9-14(20)8-12/h3,6-7,12-14,18,20H,2,4-5,8-10H2,1H3. The van der Waals surface area contributed by atoms with E-state index in [4.69, 9.17) is 0 Å². The minimum atomic E-state index is -0.101. The monoisotopic (exact) mass is 338 g/mol. The van der Waals surface area contributed by atoms with Crippen molar-refractivity contribution in [1.82, 2.24) is 5.32 Å². The average Bonchev–Trinajstić information content (AvgIpc) is 2.68. The minimum absolute atomic E-state index is 0.101. The van der Waals surface area contributed by atoms with Gasteiger partial charge in [-0.15, -0.1) is 0 Å². The molecular weight excluding hydrogens is 316 g/mol. The van der Waals surface area contributed by atoms with Crippen molar-refractivity contribution in [2.45, 2.75) is 57.3 Å². The maximum absolute atomic E-state index is 9.92. The van der Waals surface area contributed by atoms with Crippen LogP contribution in [0.15, 0.2) is 22.7 Å². The molecule has 2 aliphatic heterocycles. The summed E-state index contributed by atoms with van der Waals surface area (Å²) in [6.45, 7) is 4.04. The Kier molecular flexibility index (Phi) is 4.34. The number of nitrogens with zero attached hydrogens (tertiary/aromatic N) is 1. The molecule has 20 heavy (non-hydrogen) atoms. The van der Waals surface area contributed by atoms with Gasteiger partial charge in [-0.25, -0.2) is 0 Å². The van der Waals surface area contributed by atoms with Gasteiger partial charge in [-0.05, 0) is 65.9 Å². The molecule has 4 heteroatoms. The SMILES string of the molecule is CCNCc1ccc(N2C3CCC2CC(O)C3)c(Br)c1. The molecule has 2 unspecified atom stereocenters. The molecule has 1 aromatic rings. The Balaban J connectivity index is 1.80. The van der Waals surface area contributed by atoms with Crippen LogP contribution in [0.2, 0.25) is 0 Å². The zero-order valence-electron chi connectivity index (χ0n) is 12.0. The maximum Gasteiger partial charge on any atom is 0.0579 e. The number of hydrogen-bond acceptors (Lipinski definition) is 3. The van der Waals surface area contributed by atoms with Crippen LogP contribution in [0.25, 0.3) is 0 Å². The molecule has 0 spiro atoms. The summed E-state index contributed by atoms with van der Waals surface area (Å²) in [5, 5.41) is 13.3. The van der Waals surface area contributed by atoms with Gasteiger partial charge in [0.15, 0.2) is 0 Å². The highest BCUT2D eigenvalue weighted by atomic mass is 79.9. The summed E-state index contributed by atoms with van der Waals surface area (Å²) < 4.78 is 1.18.